The molecule has 0 saturated heterocycles. The summed E-state index contributed by atoms with van der Waals surface area (Å²) in [5.41, 5.74) is 2.29. The molecule has 0 unspecified atom stereocenters. The predicted octanol–water partition coefficient (Wildman–Crippen LogP) is 6.10. The van der Waals surface area contributed by atoms with E-state index >= 15 is 0 Å². The van der Waals surface area contributed by atoms with Crippen molar-refractivity contribution in [1.29, 1.82) is 0 Å². The summed E-state index contributed by atoms with van der Waals surface area (Å²) >= 11 is 12.2. The number of aromatic nitrogens is 1. The molecule has 0 spiro atoms. The van der Waals surface area contributed by atoms with Gasteiger partial charge in [-0.1, -0.05) is 54.6 Å². The number of hydrogen-bond donors (Lipinski definition) is 0. The number of benzene rings is 1. The molecule has 0 aliphatic carbocycles. The highest BCUT2D eigenvalue weighted by Crippen LogP contribution is 2.26. The smallest absolute Gasteiger partial charge is 0.152 e. The van der Waals surface area contributed by atoms with Gasteiger partial charge in [0.25, 0.3) is 0 Å². The van der Waals surface area contributed by atoms with E-state index in [2.05, 4.69) is 12.1 Å². The molecule has 0 bridgehead atoms. The Kier molecular flexibility index (Phi) is 8.05. The summed E-state index contributed by atoms with van der Waals surface area (Å²) in [4.78, 5) is 0. The van der Waals surface area contributed by atoms with Crippen LogP contribution in [0.15, 0.2) is 36.5 Å². The lowest BCUT2D eigenvalue weighted by Gasteiger charge is -2.08. The van der Waals surface area contributed by atoms with E-state index in [-0.39, 0.29) is 5.25 Å². The van der Waals surface area contributed by atoms with Gasteiger partial charge < -0.3 is 4.57 Å². The molecular formula is C20H27Cl2NO2S. The molecule has 0 amide bonds. The van der Waals surface area contributed by atoms with E-state index in [9.17, 15) is 8.42 Å². The minimum Gasteiger partial charge on any atom is -0.306 e. The van der Waals surface area contributed by atoms with E-state index in [1.54, 1.807) is 19.9 Å². The van der Waals surface area contributed by atoms with Crippen molar-refractivity contribution >= 4 is 33.0 Å². The van der Waals surface area contributed by atoms with Crippen LogP contribution in [0.4, 0.5) is 0 Å². The lowest BCUT2D eigenvalue weighted by atomic mass is 10.1. The molecule has 1 heterocycles. The van der Waals surface area contributed by atoms with Crippen molar-refractivity contribution in [2.45, 2.75) is 57.6 Å². The summed E-state index contributed by atoms with van der Waals surface area (Å²) in [6, 6.07) is 10.1. The van der Waals surface area contributed by atoms with Crippen molar-refractivity contribution in [3.63, 3.8) is 0 Å². The van der Waals surface area contributed by atoms with Gasteiger partial charge in [-0.2, -0.15) is 0 Å². The van der Waals surface area contributed by atoms with Crippen LogP contribution in [0.3, 0.4) is 0 Å². The standard InChI is InChI=1S/C20H27Cl2NO2S/c1-16(2)26(24,25)15-7-5-3-4-6-8-17-9-11-18(12-10-17)23-14-13-19(21)20(23)22/h9-14,16H,3-8,15H2,1-2H3. The zero-order chi connectivity index (χ0) is 19.2. The number of aryl methyl sites for hydroxylation is 1. The Hall–Kier alpha value is -0.970. The van der Waals surface area contributed by atoms with Crippen molar-refractivity contribution < 1.29 is 8.42 Å². The van der Waals surface area contributed by atoms with Crippen molar-refractivity contribution in [3.05, 3.63) is 52.3 Å². The second kappa shape index (κ2) is 9.82. The summed E-state index contributed by atoms with van der Waals surface area (Å²) in [5.74, 6) is 0.318. The van der Waals surface area contributed by atoms with Gasteiger partial charge in [-0.15, -0.1) is 0 Å². The third-order valence-electron chi connectivity index (χ3n) is 4.61. The molecule has 2 rings (SSSR count). The van der Waals surface area contributed by atoms with Crippen LogP contribution < -0.4 is 0 Å². The highest BCUT2D eigenvalue weighted by molar-refractivity contribution is 7.91. The number of unbranched alkanes of at least 4 members (excludes halogenated alkanes) is 4. The van der Waals surface area contributed by atoms with Crippen LogP contribution in [-0.2, 0) is 16.3 Å². The van der Waals surface area contributed by atoms with Crippen LogP contribution >= 0.6 is 23.2 Å². The lowest BCUT2D eigenvalue weighted by Crippen LogP contribution is -2.17. The average Bonchev–Trinajstić information content (AvgIpc) is 2.93. The van der Waals surface area contributed by atoms with E-state index < -0.39 is 9.84 Å². The van der Waals surface area contributed by atoms with Gasteiger partial charge in [0, 0.05) is 11.9 Å². The SMILES string of the molecule is CC(C)S(=O)(=O)CCCCCCCc1ccc(-n2ccc(Cl)c2Cl)cc1. The maximum absolute atomic E-state index is 11.7. The second-order valence-electron chi connectivity index (χ2n) is 6.92. The van der Waals surface area contributed by atoms with Gasteiger partial charge in [-0.3, -0.25) is 0 Å². The molecule has 3 nitrogen and oxygen atoms in total. The fourth-order valence-corrected chi connectivity index (χ4v) is 4.25. The monoisotopic (exact) mass is 415 g/mol. The van der Waals surface area contributed by atoms with Crippen LogP contribution in [0.5, 0.6) is 0 Å². The first-order valence-electron chi connectivity index (χ1n) is 9.14. The van der Waals surface area contributed by atoms with Crippen molar-refractivity contribution in [3.8, 4) is 5.69 Å². The van der Waals surface area contributed by atoms with E-state index in [0.29, 0.717) is 15.9 Å². The number of hydrogen-bond acceptors (Lipinski definition) is 2. The molecule has 26 heavy (non-hydrogen) atoms. The number of halogens is 2. The fraction of sp³-hybridized carbons (Fsp3) is 0.500. The minimum atomic E-state index is -2.88. The number of sulfone groups is 1. The van der Waals surface area contributed by atoms with Gasteiger partial charge in [0.1, 0.15) is 5.15 Å². The van der Waals surface area contributed by atoms with Gasteiger partial charge in [0.15, 0.2) is 9.84 Å². The molecular weight excluding hydrogens is 389 g/mol. The highest BCUT2D eigenvalue weighted by atomic mass is 35.5. The predicted molar refractivity (Wildman–Crippen MR) is 112 cm³/mol. The maximum Gasteiger partial charge on any atom is 0.152 e. The molecule has 0 fully saturated rings. The van der Waals surface area contributed by atoms with Crippen LogP contribution in [0.1, 0.15) is 51.5 Å². The Morgan fingerprint density at radius 1 is 0.923 bits per heavy atom. The number of rotatable bonds is 10. The van der Waals surface area contributed by atoms with Gasteiger partial charge in [-0.25, -0.2) is 8.42 Å². The molecule has 0 N–H and O–H groups in total. The largest absolute Gasteiger partial charge is 0.306 e. The van der Waals surface area contributed by atoms with Crippen LogP contribution in [0.2, 0.25) is 10.2 Å². The molecule has 6 heteroatoms. The van der Waals surface area contributed by atoms with Crippen LogP contribution in [-0.4, -0.2) is 24.0 Å². The maximum atomic E-state index is 11.7. The lowest BCUT2D eigenvalue weighted by molar-refractivity contribution is 0.577. The Morgan fingerprint density at radius 2 is 1.54 bits per heavy atom. The van der Waals surface area contributed by atoms with E-state index in [1.165, 1.54) is 5.56 Å². The number of nitrogens with zero attached hydrogens (tertiary/aromatic N) is 1. The first-order valence-corrected chi connectivity index (χ1v) is 11.6. The van der Waals surface area contributed by atoms with E-state index in [1.807, 2.05) is 22.9 Å². The van der Waals surface area contributed by atoms with Crippen molar-refractivity contribution in [2.24, 2.45) is 0 Å². The molecule has 0 aliphatic rings. The normalized spacial score (nSPS) is 12.0. The molecule has 1 aromatic carbocycles. The zero-order valence-electron chi connectivity index (χ0n) is 15.4. The van der Waals surface area contributed by atoms with E-state index in [0.717, 1.165) is 44.2 Å². The van der Waals surface area contributed by atoms with Gasteiger partial charge >= 0.3 is 0 Å². The highest BCUT2D eigenvalue weighted by Gasteiger charge is 2.14. The molecule has 0 aliphatic heterocycles. The summed E-state index contributed by atoms with van der Waals surface area (Å²) < 4.78 is 25.3. The van der Waals surface area contributed by atoms with Crippen LogP contribution in [0.25, 0.3) is 5.69 Å². The summed E-state index contributed by atoms with van der Waals surface area (Å²) in [6.07, 6.45) is 7.98. The van der Waals surface area contributed by atoms with Crippen molar-refractivity contribution in [1.82, 2.24) is 4.57 Å². The molecule has 144 valence electrons. The summed E-state index contributed by atoms with van der Waals surface area (Å²) in [6.45, 7) is 3.50. The second-order valence-corrected chi connectivity index (χ2v) is 10.4. The summed E-state index contributed by atoms with van der Waals surface area (Å²) in [5, 5.41) is 0.818. The van der Waals surface area contributed by atoms with Gasteiger partial charge in [0.05, 0.1) is 16.0 Å². The first-order chi connectivity index (χ1) is 12.3. The fourth-order valence-electron chi connectivity index (χ4n) is 2.81. The average molecular weight is 416 g/mol. The third-order valence-corrected chi connectivity index (χ3v) is 7.69. The topological polar surface area (TPSA) is 39.1 Å². The van der Waals surface area contributed by atoms with Crippen molar-refractivity contribution in [2.75, 3.05) is 5.75 Å². The third kappa shape index (κ3) is 6.04. The minimum absolute atomic E-state index is 0.261. The molecule has 0 saturated carbocycles. The Balaban J connectivity index is 1.68. The molecule has 1 aromatic heterocycles. The van der Waals surface area contributed by atoms with Crippen LogP contribution in [0, 0.1) is 0 Å². The Labute approximate surface area is 167 Å². The quantitative estimate of drug-likeness (QED) is 0.439. The van der Waals surface area contributed by atoms with Gasteiger partial charge in [-0.05, 0) is 56.9 Å². The molecule has 0 radical (unpaired) electrons. The Bertz CT molecular complexity index is 796. The molecule has 2 aromatic rings. The first kappa shape index (κ1) is 21.3. The Morgan fingerprint density at radius 3 is 2.12 bits per heavy atom. The summed E-state index contributed by atoms with van der Waals surface area (Å²) in [7, 11) is -2.88. The molecule has 0 atom stereocenters. The van der Waals surface area contributed by atoms with E-state index in [4.69, 9.17) is 23.2 Å². The van der Waals surface area contributed by atoms with Gasteiger partial charge in [0.2, 0.25) is 0 Å². The zero-order valence-corrected chi connectivity index (χ0v) is 17.7.